The Morgan fingerprint density at radius 2 is 2.18 bits per heavy atom. The molecule has 1 aliphatic heterocycles. The first-order valence-electron chi connectivity index (χ1n) is 6.02. The van der Waals surface area contributed by atoms with Gasteiger partial charge in [0.25, 0.3) is 0 Å². The van der Waals surface area contributed by atoms with Gasteiger partial charge in [-0.25, -0.2) is 0 Å². The van der Waals surface area contributed by atoms with Gasteiger partial charge in [0.1, 0.15) is 27.6 Å². The van der Waals surface area contributed by atoms with Crippen molar-refractivity contribution in [3.63, 3.8) is 0 Å². The van der Waals surface area contributed by atoms with E-state index in [4.69, 9.17) is 21.8 Å². The number of carbonyl (C=O) groups excluding carboxylic acids is 3. The zero-order chi connectivity index (χ0) is 16.4. The lowest BCUT2D eigenvalue weighted by Gasteiger charge is -2.11. The van der Waals surface area contributed by atoms with E-state index in [0.717, 1.165) is 16.7 Å². The molecule has 1 saturated heterocycles. The standard InChI is InChI=1S/C12H10N2O6S2/c1-5-2-6(13-20-5)7(15)3-8(16)10-11(19)14(4-9(17)18)12(21)22-10/h2,10H,3-4H2,1H3,(H,17,18). The highest BCUT2D eigenvalue weighted by atomic mass is 32.2. The van der Waals surface area contributed by atoms with Crippen LogP contribution < -0.4 is 0 Å². The van der Waals surface area contributed by atoms with E-state index in [2.05, 4.69) is 5.16 Å². The normalized spacial score (nSPS) is 17.9. The minimum atomic E-state index is -1.24. The Balaban J connectivity index is 2.04. The molecular weight excluding hydrogens is 332 g/mol. The molecule has 1 atom stereocenters. The molecule has 8 nitrogen and oxygen atoms in total. The number of carboxylic acids is 1. The molecule has 0 spiro atoms. The number of aryl methyl sites for hydroxylation is 1. The summed E-state index contributed by atoms with van der Waals surface area (Å²) in [6.45, 7) is 0.995. The van der Waals surface area contributed by atoms with E-state index in [1.54, 1.807) is 6.92 Å². The molecule has 1 aromatic heterocycles. The van der Waals surface area contributed by atoms with Gasteiger partial charge in [-0.3, -0.25) is 24.1 Å². The number of hydrogen-bond donors (Lipinski definition) is 1. The van der Waals surface area contributed by atoms with Crippen LogP contribution in [0.25, 0.3) is 0 Å². The number of amides is 1. The van der Waals surface area contributed by atoms with E-state index in [0.29, 0.717) is 5.76 Å². The van der Waals surface area contributed by atoms with Crippen LogP contribution in [0.4, 0.5) is 0 Å². The smallest absolute Gasteiger partial charge is 0.323 e. The number of carboxylic acid groups (broad SMARTS) is 1. The molecule has 1 unspecified atom stereocenters. The zero-order valence-electron chi connectivity index (χ0n) is 11.3. The van der Waals surface area contributed by atoms with Crippen LogP contribution in [-0.4, -0.2) is 54.7 Å². The summed E-state index contributed by atoms with van der Waals surface area (Å²) in [6.07, 6.45) is -0.529. The largest absolute Gasteiger partial charge is 0.480 e. The van der Waals surface area contributed by atoms with Crippen LogP contribution in [0.3, 0.4) is 0 Å². The SMILES string of the molecule is Cc1cc(C(=O)CC(=O)C2SC(=S)N(CC(=O)O)C2=O)no1. The number of aliphatic carboxylic acids is 1. The van der Waals surface area contributed by atoms with Gasteiger partial charge in [0.05, 0.1) is 6.42 Å². The summed E-state index contributed by atoms with van der Waals surface area (Å²) in [5.74, 6) is -2.74. The van der Waals surface area contributed by atoms with Crippen molar-refractivity contribution in [2.24, 2.45) is 0 Å². The van der Waals surface area contributed by atoms with Crippen molar-refractivity contribution < 1.29 is 28.8 Å². The fourth-order valence-electron chi connectivity index (χ4n) is 1.77. The van der Waals surface area contributed by atoms with Gasteiger partial charge in [0.15, 0.2) is 11.6 Å². The lowest BCUT2D eigenvalue weighted by Crippen LogP contribution is -2.38. The van der Waals surface area contributed by atoms with E-state index in [9.17, 15) is 19.2 Å². The highest BCUT2D eigenvalue weighted by Gasteiger charge is 2.42. The van der Waals surface area contributed by atoms with Crippen LogP contribution in [0.15, 0.2) is 10.6 Å². The van der Waals surface area contributed by atoms with Crippen LogP contribution >= 0.6 is 24.0 Å². The highest BCUT2D eigenvalue weighted by Crippen LogP contribution is 2.28. The molecule has 1 amide bonds. The van der Waals surface area contributed by atoms with Gasteiger partial charge in [-0.05, 0) is 6.92 Å². The fraction of sp³-hybridized carbons (Fsp3) is 0.333. The first-order chi connectivity index (χ1) is 10.3. The number of ketones is 2. The molecule has 0 aliphatic carbocycles. The van der Waals surface area contributed by atoms with Crippen LogP contribution in [-0.2, 0) is 14.4 Å². The summed E-state index contributed by atoms with van der Waals surface area (Å²) in [5, 5.41) is 11.0. The first kappa shape index (κ1) is 16.3. The van der Waals surface area contributed by atoms with Crippen molar-refractivity contribution in [3.8, 4) is 0 Å². The van der Waals surface area contributed by atoms with Gasteiger partial charge in [0.2, 0.25) is 5.91 Å². The third kappa shape index (κ3) is 3.39. The molecular formula is C12H10N2O6S2. The van der Waals surface area contributed by atoms with Crippen LogP contribution in [0, 0.1) is 6.92 Å². The molecule has 0 radical (unpaired) electrons. The summed E-state index contributed by atoms with van der Waals surface area (Å²) < 4.78 is 4.75. The van der Waals surface area contributed by atoms with Crippen LogP contribution in [0.5, 0.6) is 0 Å². The molecule has 2 rings (SSSR count). The third-order valence-corrected chi connectivity index (χ3v) is 4.39. The second-order valence-electron chi connectivity index (χ2n) is 4.47. The lowest BCUT2D eigenvalue weighted by molar-refractivity contribution is -0.142. The first-order valence-corrected chi connectivity index (χ1v) is 7.31. The van der Waals surface area contributed by atoms with Gasteiger partial charge in [-0.1, -0.05) is 29.1 Å². The maximum Gasteiger partial charge on any atom is 0.323 e. The van der Waals surface area contributed by atoms with Crippen molar-refractivity contribution in [1.29, 1.82) is 0 Å². The van der Waals surface area contributed by atoms with Gasteiger partial charge in [-0.15, -0.1) is 0 Å². The molecule has 1 N–H and O–H groups in total. The number of carbonyl (C=O) groups is 4. The van der Waals surface area contributed by atoms with E-state index in [1.807, 2.05) is 0 Å². The van der Waals surface area contributed by atoms with Crippen molar-refractivity contribution >= 4 is 51.7 Å². The van der Waals surface area contributed by atoms with Gasteiger partial charge in [0, 0.05) is 6.07 Å². The van der Waals surface area contributed by atoms with Gasteiger partial charge < -0.3 is 9.63 Å². The fourth-order valence-corrected chi connectivity index (χ4v) is 3.14. The van der Waals surface area contributed by atoms with Crippen molar-refractivity contribution in [2.45, 2.75) is 18.6 Å². The topological polar surface area (TPSA) is 118 Å². The Hall–Kier alpha value is -2.07. The number of thioether (sulfide) groups is 1. The molecule has 1 fully saturated rings. The van der Waals surface area contributed by atoms with E-state index in [1.165, 1.54) is 6.07 Å². The van der Waals surface area contributed by atoms with Crippen LogP contribution in [0.1, 0.15) is 22.7 Å². The van der Waals surface area contributed by atoms with Crippen LogP contribution in [0.2, 0.25) is 0 Å². The average molecular weight is 342 g/mol. The Labute approximate surface area is 133 Å². The number of rotatable bonds is 6. The Morgan fingerprint density at radius 1 is 1.50 bits per heavy atom. The predicted octanol–water partition coefficient (Wildman–Crippen LogP) is 0.438. The van der Waals surface area contributed by atoms with Gasteiger partial charge >= 0.3 is 5.97 Å². The van der Waals surface area contributed by atoms with E-state index in [-0.39, 0.29) is 10.0 Å². The quantitative estimate of drug-likeness (QED) is 0.446. The number of nitrogens with zero attached hydrogens (tertiary/aromatic N) is 2. The van der Waals surface area contributed by atoms with Crippen molar-refractivity contribution in [1.82, 2.24) is 10.1 Å². The highest BCUT2D eigenvalue weighted by molar-refractivity contribution is 8.24. The monoisotopic (exact) mass is 342 g/mol. The zero-order valence-corrected chi connectivity index (χ0v) is 12.9. The molecule has 2 heterocycles. The Morgan fingerprint density at radius 3 is 2.73 bits per heavy atom. The van der Waals surface area contributed by atoms with Gasteiger partial charge in [-0.2, -0.15) is 0 Å². The minimum Gasteiger partial charge on any atom is -0.480 e. The van der Waals surface area contributed by atoms with Crippen molar-refractivity contribution in [2.75, 3.05) is 6.54 Å². The molecule has 1 aliphatic rings. The molecule has 0 bridgehead atoms. The molecule has 0 aromatic carbocycles. The minimum absolute atomic E-state index is 0.00580. The number of aromatic nitrogens is 1. The summed E-state index contributed by atoms with van der Waals surface area (Å²) in [7, 11) is 0. The summed E-state index contributed by atoms with van der Waals surface area (Å²) in [5.41, 5.74) is 0.00580. The molecule has 22 heavy (non-hydrogen) atoms. The maximum absolute atomic E-state index is 12.1. The van der Waals surface area contributed by atoms with E-state index < -0.39 is 41.7 Å². The summed E-state index contributed by atoms with van der Waals surface area (Å²) in [4.78, 5) is 47.5. The molecule has 0 saturated carbocycles. The Bertz CT molecular complexity index is 683. The second kappa shape index (κ2) is 6.36. The summed E-state index contributed by atoms with van der Waals surface area (Å²) >= 11 is 5.66. The lowest BCUT2D eigenvalue weighted by atomic mass is 10.1. The summed E-state index contributed by atoms with van der Waals surface area (Å²) in [6, 6.07) is 1.39. The third-order valence-electron chi connectivity index (χ3n) is 2.76. The molecule has 116 valence electrons. The maximum atomic E-state index is 12.1. The Kier molecular flexibility index (Phi) is 4.71. The van der Waals surface area contributed by atoms with E-state index >= 15 is 0 Å². The average Bonchev–Trinajstić information content (AvgIpc) is 2.97. The molecule has 10 heteroatoms. The second-order valence-corrected chi connectivity index (χ2v) is 6.21. The van der Waals surface area contributed by atoms with Crippen molar-refractivity contribution in [3.05, 3.63) is 17.5 Å². The number of Topliss-reactive ketones (excluding diaryl/α,β-unsaturated/α-hetero) is 2. The predicted molar refractivity (Wildman–Crippen MR) is 78.5 cm³/mol. The number of thiocarbonyl (C=S) groups is 1. The molecule has 1 aromatic rings. The number of hydrogen-bond acceptors (Lipinski definition) is 8.